The largest absolute Gasteiger partial charge is 0.294 e. The second-order valence-electron chi connectivity index (χ2n) is 7.63. The Labute approximate surface area is 168 Å². The number of halogens is 1. The lowest BCUT2D eigenvalue weighted by Crippen LogP contribution is -2.29. The fourth-order valence-electron chi connectivity index (χ4n) is 3.96. The van der Waals surface area contributed by atoms with Gasteiger partial charge >= 0.3 is 0 Å². The van der Waals surface area contributed by atoms with Crippen LogP contribution in [0.15, 0.2) is 60.9 Å². The lowest BCUT2D eigenvalue weighted by molar-refractivity contribution is 0.245. The van der Waals surface area contributed by atoms with Gasteiger partial charge in [-0.05, 0) is 36.8 Å². The predicted molar refractivity (Wildman–Crippen MR) is 110 cm³/mol. The number of H-pyrrole nitrogens is 1. The van der Waals surface area contributed by atoms with Gasteiger partial charge in [0.2, 0.25) is 0 Å². The van der Waals surface area contributed by atoms with Crippen LogP contribution in [0.3, 0.4) is 0 Å². The second kappa shape index (κ2) is 7.29. The van der Waals surface area contributed by atoms with E-state index in [-0.39, 0.29) is 5.82 Å². The first-order valence-electron chi connectivity index (χ1n) is 9.81. The molecule has 1 aliphatic rings. The summed E-state index contributed by atoms with van der Waals surface area (Å²) in [5.41, 5.74) is 7.36. The Bertz CT molecular complexity index is 1160. The van der Waals surface area contributed by atoms with Crippen molar-refractivity contribution in [3.8, 4) is 16.9 Å². The summed E-state index contributed by atoms with van der Waals surface area (Å²) >= 11 is 0. The third kappa shape index (κ3) is 3.59. The molecule has 5 nitrogen and oxygen atoms in total. The van der Waals surface area contributed by atoms with Gasteiger partial charge in [0.1, 0.15) is 5.82 Å². The molecule has 6 heteroatoms. The van der Waals surface area contributed by atoms with Gasteiger partial charge in [0.05, 0.1) is 17.6 Å². The standard InChI is InChI=1S/C23H22FN5/c1-16-4-2-7-21(10-16)29-15-19(23(27-29)17-5-3-6-20(24)11-17)14-28-9-8-22-18(13-28)12-25-26-22/h2-7,10-12,15H,8-9,13-14H2,1H3,(H,25,26). The zero-order valence-electron chi connectivity index (χ0n) is 16.3. The Kier molecular flexibility index (Phi) is 4.48. The van der Waals surface area contributed by atoms with E-state index in [0.717, 1.165) is 48.6 Å². The van der Waals surface area contributed by atoms with E-state index in [1.807, 2.05) is 29.1 Å². The molecular weight excluding hydrogens is 365 g/mol. The van der Waals surface area contributed by atoms with Crippen molar-refractivity contribution >= 4 is 0 Å². The van der Waals surface area contributed by atoms with E-state index in [4.69, 9.17) is 5.10 Å². The predicted octanol–water partition coefficient (Wildman–Crippen LogP) is 4.27. The van der Waals surface area contributed by atoms with Crippen LogP contribution in [0.2, 0.25) is 0 Å². The van der Waals surface area contributed by atoms with Crippen LogP contribution in [0.5, 0.6) is 0 Å². The minimum absolute atomic E-state index is 0.250. The van der Waals surface area contributed by atoms with Crippen LogP contribution in [0.1, 0.15) is 22.4 Å². The van der Waals surface area contributed by atoms with Gasteiger partial charge < -0.3 is 0 Å². The molecule has 0 fully saturated rings. The number of nitrogens with one attached hydrogen (secondary N) is 1. The van der Waals surface area contributed by atoms with E-state index in [9.17, 15) is 4.39 Å². The summed E-state index contributed by atoms with van der Waals surface area (Å²) in [7, 11) is 0. The van der Waals surface area contributed by atoms with E-state index in [0.29, 0.717) is 0 Å². The first kappa shape index (κ1) is 17.8. The van der Waals surface area contributed by atoms with Crippen LogP contribution < -0.4 is 0 Å². The smallest absolute Gasteiger partial charge is 0.123 e. The van der Waals surface area contributed by atoms with Crippen LogP contribution in [0.4, 0.5) is 4.39 Å². The number of fused-ring (bicyclic) bond motifs is 1. The summed E-state index contributed by atoms with van der Waals surface area (Å²) in [5, 5.41) is 12.1. The van der Waals surface area contributed by atoms with Crippen LogP contribution in [0, 0.1) is 12.7 Å². The number of hydrogen-bond acceptors (Lipinski definition) is 3. The molecule has 1 N–H and O–H groups in total. The van der Waals surface area contributed by atoms with Gasteiger partial charge in [-0.15, -0.1) is 0 Å². The van der Waals surface area contributed by atoms with Gasteiger partial charge in [0.15, 0.2) is 0 Å². The molecule has 0 spiro atoms. The fourth-order valence-corrected chi connectivity index (χ4v) is 3.96. The maximum atomic E-state index is 13.9. The topological polar surface area (TPSA) is 49.7 Å². The summed E-state index contributed by atoms with van der Waals surface area (Å²) in [5.74, 6) is -0.250. The molecule has 2 aromatic heterocycles. The van der Waals surface area contributed by atoms with Crippen LogP contribution in [-0.4, -0.2) is 31.4 Å². The monoisotopic (exact) mass is 387 g/mol. The van der Waals surface area contributed by atoms with Crippen molar-refractivity contribution in [3.63, 3.8) is 0 Å². The Hall–Kier alpha value is -3.25. The minimum atomic E-state index is -0.250. The van der Waals surface area contributed by atoms with E-state index < -0.39 is 0 Å². The summed E-state index contributed by atoms with van der Waals surface area (Å²) < 4.78 is 15.8. The molecule has 0 unspecified atom stereocenters. The Morgan fingerprint density at radius 3 is 2.90 bits per heavy atom. The quantitative estimate of drug-likeness (QED) is 0.569. The second-order valence-corrected chi connectivity index (χ2v) is 7.63. The molecule has 5 rings (SSSR count). The molecule has 146 valence electrons. The number of rotatable bonds is 4. The Morgan fingerprint density at radius 2 is 2.03 bits per heavy atom. The highest BCUT2D eigenvalue weighted by Crippen LogP contribution is 2.27. The molecule has 0 radical (unpaired) electrons. The molecule has 4 aromatic rings. The van der Waals surface area contributed by atoms with E-state index in [1.165, 1.54) is 22.9 Å². The molecule has 1 aliphatic heterocycles. The first-order valence-corrected chi connectivity index (χ1v) is 9.81. The SMILES string of the molecule is Cc1cccc(-n2cc(CN3CCc4[nH]ncc4C3)c(-c3cccc(F)c3)n2)c1. The van der Waals surface area contributed by atoms with Crippen molar-refractivity contribution in [2.45, 2.75) is 26.4 Å². The molecule has 0 bridgehead atoms. The highest BCUT2D eigenvalue weighted by Gasteiger charge is 2.21. The molecule has 0 atom stereocenters. The number of nitrogens with zero attached hydrogens (tertiary/aromatic N) is 4. The number of aryl methyl sites for hydroxylation is 1. The Morgan fingerprint density at radius 1 is 1.14 bits per heavy atom. The normalized spacial score (nSPS) is 14.1. The molecule has 0 amide bonds. The molecule has 0 saturated carbocycles. The van der Waals surface area contributed by atoms with Gasteiger partial charge in [-0.25, -0.2) is 9.07 Å². The van der Waals surface area contributed by atoms with Crippen LogP contribution in [-0.2, 0) is 19.5 Å². The van der Waals surface area contributed by atoms with Crippen molar-refractivity contribution in [3.05, 3.63) is 89.1 Å². The molecule has 0 aliphatic carbocycles. The van der Waals surface area contributed by atoms with Gasteiger partial charge in [-0.2, -0.15) is 10.2 Å². The minimum Gasteiger partial charge on any atom is -0.294 e. The summed E-state index contributed by atoms with van der Waals surface area (Å²) in [6, 6.07) is 14.9. The van der Waals surface area contributed by atoms with Crippen LogP contribution >= 0.6 is 0 Å². The van der Waals surface area contributed by atoms with Crippen molar-refractivity contribution in [2.75, 3.05) is 6.54 Å². The number of aromatic amines is 1. The molecule has 3 heterocycles. The van der Waals surface area contributed by atoms with Crippen molar-refractivity contribution in [2.24, 2.45) is 0 Å². The van der Waals surface area contributed by atoms with Crippen LogP contribution in [0.25, 0.3) is 16.9 Å². The highest BCUT2D eigenvalue weighted by atomic mass is 19.1. The van der Waals surface area contributed by atoms with Gasteiger partial charge in [0.25, 0.3) is 0 Å². The van der Waals surface area contributed by atoms with Crippen molar-refractivity contribution in [1.82, 2.24) is 24.9 Å². The molecule has 2 aromatic carbocycles. The summed E-state index contributed by atoms with van der Waals surface area (Å²) in [6.45, 7) is 4.62. The lowest BCUT2D eigenvalue weighted by atomic mass is 10.1. The fraction of sp³-hybridized carbons (Fsp3) is 0.217. The molecular formula is C23H22FN5. The van der Waals surface area contributed by atoms with Gasteiger partial charge in [0, 0.05) is 54.6 Å². The third-order valence-corrected chi connectivity index (χ3v) is 5.43. The number of aromatic nitrogens is 4. The van der Waals surface area contributed by atoms with E-state index >= 15 is 0 Å². The zero-order valence-corrected chi connectivity index (χ0v) is 16.3. The highest BCUT2D eigenvalue weighted by molar-refractivity contribution is 5.63. The van der Waals surface area contributed by atoms with Crippen molar-refractivity contribution < 1.29 is 4.39 Å². The van der Waals surface area contributed by atoms with E-state index in [1.54, 1.807) is 12.1 Å². The molecule has 0 saturated heterocycles. The average Bonchev–Trinajstić information content (AvgIpc) is 3.35. The number of hydrogen-bond donors (Lipinski definition) is 1. The Balaban J connectivity index is 1.52. The first-order chi connectivity index (χ1) is 14.2. The summed E-state index contributed by atoms with van der Waals surface area (Å²) in [4.78, 5) is 2.39. The maximum Gasteiger partial charge on any atom is 0.123 e. The third-order valence-electron chi connectivity index (χ3n) is 5.43. The molecule has 29 heavy (non-hydrogen) atoms. The average molecular weight is 387 g/mol. The number of benzene rings is 2. The maximum absolute atomic E-state index is 13.9. The summed E-state index contributed by atoms with van der Waals surface area (Å²) in [6.07, 6.45) is 4.93. The lowest BCUT2D eigenvalue weighted by Gasteiger charge is -2.26. The van der Waals surface area contributed by atoms with E-state index in [2.05, 4.69) is 40.4 Å². The van der Waals surface area contributed by atoms with Crippen molar-refractivity contribution in [1.29, 1.82) is 0 Å². The zero-order chi connectivity index (χ0) is 19.8. The van der Waals surface area contributed by atoms with Gasteiger partial charge in [-0.3, -0.25) is 10.00 Å². The van der Waals surface area contributed by atoms with Gasteiger partial charge in [-0.1, -0.05) is 24.3 Å².